The Bertz CT molecular complexity index is 573. The normalized spacial score (nSPS) is 24.0. The van der Waals surface area contributed by atoms with E-state index in [4.69, 9.17) is 4.74 Å². The van der Waals surface area contributed by atoms with Crippen molar-refractivity contribution >= 4 is 22.7 Å². The van der Waals surface area contributed by atoms with Gasteiger partial charge in [-0.3, -0.25) is 9.59 Å². The highest BCUT2D eigenvalue weighted by Gasteiger charge is 2.31. The van der Waals surface area contributed by atoms with Crippen LogP contribution in [0.5, 0.6) is 5.75 Å². The summed E-state index contributed by atoms with van der Waals surface area (Å²) in [5.74, 6) is 0.951. The Labute approximate surface area is 142 Å². The molecule has 1 aromatic rings. The Morgan fingerprint density at radius 2 is 1.83 bits per heavy atom. The second-order valence-corrected chi connectivity index (χ2v) is 8.39. The van der Waals surface area contributed by atoms with E-state index in [1.807, 2.05) is 24.3 Å². The van der Waals surface area contributed by atoms with Crippen molar-refractivity contribution in [2.45, 2.75) is 57.1 Å². The Balaban J connectivity index is 1.53. The van der Waals surface area contributed by atoms with Crippen LogP contribution >= 0.6 is 11.8 Å². The highest BCUT2D eigenvalue weighted by atomic mass is 32.2. The fourth-order valence-electron chi connectivity index (χ4n) is 3.42. The maximum absolute atomic E-state index is 11.7. The topological polar surface area (TPSA) is 43.4 Å². The van der Waals surface area contributed by atoms with Crippen LogP contribution in [0.15, 0.2) is 24.3 Å². The maximum atomic E-state index is 11.7. The Morgan fingerprint density at radius 1 is 1.13 bits per heavy atom. The third-order valence-electron chi connectivity index (χ3n) is 4.94. The first-order valence-electron chi connectivity index (χ1n) is 8.48. The molecule has 1 aliphatic carbocycles. The summed E-state index contributed by atoms with van der Waals surface area (Å²) in [4.78, 5) is 23.0. The molecule has 23 heavy (non-hydrogen) atoms. The van der Waals surface area contributed by atoms with Crippen LogP contribution in [0.2, 0.25) is 0 Å². The van der Waals surface area contributed by atoms with Crippen molar-refractivity contribution in [1.82, 2.24) is 0 Å². The maximum Gasteiger partial charge on any atom is 0.197 e. The second-order valence-electron chi connectivity index (χ2n) is 7.13. The van der Waals surface area contributed by atoms with Crippen molar-refractivity contribution in [3.05, 3.63) is 29.8 Å². The van der Waals surface area contributed by atoms with Crippen molar-refractivity contribution < 1.29 is 14.3 Å². The van der Waals surface area contributed by atoms with Crippen LogP contribution in [0.4, 0.5) is 0 Å². The third kappa shape index (κ3) is 4.37. The zero-order chi connectivity index (χ0) is 16.3. The second kappa shape index (κ2) is 7.08. The number of carbonyl (C=O) groups excluding carboxylic acids is 2. The average molecular weight is 332 g/mol. The number of hydrogen-bond acceptors (Lipinski definition) is 4. The van der Waals surface area contributed by atoms with Gasteiger partial charge < -0.3 is 4.74 Å². The van der Waals surface area contributed by atoms with E-state index in [2.05, 4.69) is 6.92 Å². The van der Waals surface area contributed by atoms with Gasteiger partial charge in [-0.2, -0.15) is 0 Å². The predicted molar refractivity (Wildman–Crippen MR) is 92.8 cm³/mol. The minimum Gasteiger partial charge on any atom is -0.493 e. The molecule has 0 N–H and O–H groups in total. The molecule has 0 radical (unpaired) electrons. The molecule has 0 spiro atoms. The Hall–Kier alpha value is -1.29. The summed E-state index contributed by atoms with van der Waals surface area (Å²) in [7, 11) is 0. The van der Waals surface area contributed by atoms with Gasteiger partial charge in [-0.1, -0.05) is 50.1 Å². The zero-order valence-electron chi connectivity index (χ0n) is 13.7. The lowest BCUT2D eigenvalue weighted by atomic mass is 9.76. The van der Waals surface area contributed by atoms with E-state index >= 15 is 0 Å². The van der Waals surface area contributed by atoms with Crippen molar-refractivity contribution in [3.63, 3.8) is 0 Å². The van der Waals surface area contributed by atoms with Crippen molar-refractivity contribution in [1.29, 1.82) is 0 Å². The van der Waals surface area contributed by atoms with Crippen molar-refractivity contribution in [2.75, 3.05) is 6.61 Å². The molecule has 0 bridgehead atoms. The lowest BCUT2D eigenvalue weighted by Gasteiger charge is -2.33. The van der Waals surface area contributed by atoms with E-state index in [-0.39, 0.29) is 22.6 Å². The van der Waals surface area contributed by atoms with Gasteiger partial charge in [0, 0.05) is 5.41 Å². The Morgan fingerprint density at radius 3 is 2.43 bits per heavy atom. The SMILES string of the molecule is CC1(COc2ccc(CC3SC(=O)CC3=O)cc2)CCCCC1. The number of thioether (sulfide) groups is 1. The molecular formula is C19H24O3S. The van der Waals surface area contributed by atoms with E-state index < -0.39 is 0 Å². The standard InChI is InChI=1S/C19H24O3S/c1-19(9-3-2-4-10-19)13-22-15-7-5-14(6-8-15)11-17-16(20)12-18(21)23-17/h5-8,17H,2-4,9-13H2,1H3. The van der Waals surface area contributed by atoms with Crippen molar-refractivity contribution in [3.8, 4) is 5.75 Å². The summed E-state index contributed by atoms with van der Waals surface area (Å²) in [6.07, 6.45) is 7.20. The number of Topliss-reactive ketones (excluding diaryl/α,β-unsaturated/α-hetero) is 1. The fourth-order valence-corrected chi connectivity index (χ4v) is 4.45. The molecule has 1 unspecified atom stereocenters. The molecule has 1 aliphatic heterocycles. The van der Waals surface area contributed by atoms with E-state index in [1.165, 1.54) is 43.9 Å². The Kier molecular flexibility index (Phi) is 5.10. The monoisotopic (exact) mass is 332 g/mol. The molecule has 3 nitrogen and oxygen atoms in total. The van der Waals surface area contributed by atoms with Gasteiger partial charge in [-0.25, -0.2) is 0 Å². The molecule has 1 saturated heterocycles. The minimum absolute atomic E-state index is 0.000629. The van der Waals surface area contributed by atoms with Crippen LogP contribution in [0.3, 0.4) is 0 Å². The summed E-state index contributed by atoms with van der Waals surface area (Å²) < 4.78 is 5.99. The quantitative estimate of drug-likeness (QED) is 0.759. The number of benzene rings is 1. The largest absolute Gasteiger partial charge is 0.493 e. The zero-order valence-corrected chi connectivity index (χ0v) is 14.5. The van der Waals surface area contributed by atoms with E-state index in [0.29, 0.717) is 11.8 Å². The molecule has 1 atom stereocenters. The van der Waals surface area contributed by atoms with Crippen molar-refractivity contribution in [2.24, 2.45) is 5.41 Å². The highest BCUT2D eigenvalue weighted by Crippen LogP contribution is 2.36. The number of ether oxygens (including phenoxy) is 1. The van der Waals surface area contributed by atoms with E-state index in [9.17, 15) is 9.59 Å². The summed E-state index contributed by atoms with van der Waals surface area (Å²) in [6, 6.07) is 7.98. The first-order chi connectivity index (χ1) is 11.0. The predicted octanol–water partition coefficient (Wildman–Crippen LogP) is 4.18. The van der Waals surface area contributed by atoms with Gasteiger partial charge in [0.1, 0.15) is 5.75 Å². The molecule has 4 heteroatoms. The summed E-state index contributed by atoms with van der Waals surface area (Å²) >= 11 is 1.18. The summed E-state index contributed by atoms with van der Waals surface area (Å²) in [5, 5.41) is -0.198. The lowest BCUT2D eigenvalue weighted by molar-refractivity contribution is -0.121. The van der Waals surface area contributed by atoms with Gasteiger partial charge in [0.2, 0.25) is 0 Å². The highest BCUT2D eigenvalue weighted by molar-refractivity contribution is 8.15. The minimum atomic E-state index is -0.199. The summed E-state index contributed by atoms with van der Waals surface area (Å²) in [5.41, 5.74) is 1.39. The molecule has 124 valence electrons. The van der Waals surface area contributed by atoms with Gasteiger partial charge >= 0.3 is 0 Å². The number of rotatable bonds is 5. The van der Waals surface area contributed by atoms with Crippen LogP contribution in [-0.4, -0.2) is 22.8 Å². The van der Waals surface area contributed by atoms with Gasteiger partial charge in [0.15, 0.2) is 10.9 Å². The van der Waals surface area contributed by atoms with Gasteiger partial charge in [-0.15, -0.1) is 0 Å². The lowest BCUT2D eigenvalue weighted by Crippen LogP contribution is -2.27. The molecule has 2 fully saturated rings. The molecule has 0 aromatic heterocycles. The van der Waals surface area contributed by atoms with E-state index in [1.54, 1.807) is 0 Å². The number of ketones is 1. The van der Waals surface area contributed by atoms with Crippen LogP contribution in [0, 0.1) is 5.41 Å². The van der Waals surface area contributed by atoms with Crippen LogP contribution in [0.25, 0.3) is 0 Å². The smallest absolute Gasteiger partial charge is 0.197 e. The molecule has 2 aliphatic rings. The fraction of sp³-hybridized carbons (Fsp3) is 0.579. The average Bonchev–Trinajstić information content (AvgIpc) is 2.85. The van der Waals surface area contributed by atoms with Gasteiger partial charge in [-0.05, 0) is 37.0 Å². The molecule has 1 heterocycles. The summed E-state index contributed by atoms with van der Waals surface area (Å²) in [6.45, 7) is 3.10. The molecule has 3 rings (SSSR count). The first kappa shape index (κ1) is 16.6. The van der Waals surface area contributed by atoms with Crippen LogP contribution < -0.4 is 4.74 Å². The molecular weight excluding hydrogens is 308 g/mol. The van der Waals surface area contributed by atoms with Crippen LogP contribution in [-0.2, 0) is 16.0 Å². The third-order valence-corrected chi connectivity index (χ3v) is 6.07. The van der Waals surface area contributed by atoms with E-state index in [0.717, 1.165) is 17.9 Å². The first-order valence-corrected chi connectivity index (χ1v) is 9.36. The van der Waals surface area contributed by atoms with Gasteiger partial charge in [0.25, 0.3) is 0 Å². The molecule has 1 saturated carbocycles. The molecule has 1 aromatic carbocycles. The molecule has 0 amide bonds. The number of hydrogen-bond donors (Lipinski definition) is 0. The van der Waals surface area contributed by atoms with Crippen LogP contribution in [0.1, 0.15) is 51.0 Å². The van der Waals surface area contributed by atoms with Gasteiger partial charge in [0.05, 0.1) is 18.3 Å². The number of carbonyl (C=O) groups is 2.